The molecule has 3 rings (SSSR count). The van der Waals surface area contributed by atoms with Crippen molar-refractivity contribution in [2.24, 2.45) is 7.05 Å². The van der Waals surface area contributed by atoms with Gasteiger partial charge in [-0.15, -0.1) is 0 Å². The predicted molar refractivity (Wildman–Crippen MR) is 70.4 cm³/mol. The Morgan fingerprint density at radius 3 is 3.17 bits per heavy atom. The van der Waals surface area contributed by atoms with Gasteiger partial charge in [-0.2, -0.15) is 16.9 Å². The first-order valence-electron chi connectivity index (χ1n) is 5.59. The minimum atomic E-state index is -0.147. The molecule has 1 amide bonds. The molecule has 0 aliphatic carbocycles. The van der Waals surface area contributed by atoms with Gasteiger partial charge >= 0.3 is 0 Å². The smallest absolute Gasteiger partial charge is 0.258 e. The van der Waals surface area contributed by atoms with E-state index in [1.54, 1.807) is 29.2 Å². The average molecular weight is 260 g/mol. The summed E-state index contributed by atoms with van der Waals surface area (Å²) in [6, 6.07) is 3.49. The number of amides is 1. The van der Waals surface area contributed by atoms with E-state index in [-0.39, 0.29) is 5.91 Å². The number of aromatic nitrogens is 3. The second-order valence-corrected chi connectivity index (χ2v) is 5.07. The molecule has 1 N–H and O–H groups in total. The molecule has 0 saturated carbocycles. The summed E-state index contributed by atoms with van der Waals surface area (Å²) in [5.41, 5.74) is 2.77. The van der Waals surface area contributed by atoms with Crippen molar-refractivity contribution in [1.29, 1.82) is 0 Å². The van der Waals surface area contributed by atoms with Gasteiger partial charge in [-0.25, -0.2) is 0 Å². The SMILES string of the molecule is Cn1nc2c(c1NC(=O)c1cccnc1)CSC2. The highest BCUT2D eigenvalue weighted by Gasteiger charge is 2.22. The fraction of sp³-hybridized carbons (Fsp3) is 0.250. The number of hydrogen-bond donors (Lipinski definition) is 1. The van der Waals surface area contributed by atoms with Crippen molar-refractivity contribution >= 4 is 23.5 Å². The van der Waals surface area contributed by atoms with Crippen LogP contribution < -0.4 is 5.32 Å². The van der Waals surface area contributed by atoms with Crippen molar-refractivity contribution in [3.05, 3.63) is 41.3 Å². The van der Waals surface area contributed by atoms with Gasteiger partial charge in [0.15, 0.2) is 0 Å². The van der Waals surface area contributed by atoms with Crippen LogP contribution in [0.4, 0.5) is 5.82 Å². The Kier molecular flexibility index (Phi) is 2.79. The maximum atomic E-state index is 12.1. The first-order chi connectivity index (χ1) is 8.75. The topological polar surface area (TPSA) is 59.8 Å². The number of pyridine rings is 1. The highest BCUT2D eigenvalue weighted by molar-refractivity contribution is 7.98. The minimum Gasteiger partial charge on any atom is -0.306 e. The van der Waals surface area contributed by atoms with Crippen LogP contribution in [0.5, 0.6) is 0 Å². The zero-order chi connectivity index (χ0) is 12.5. The lowest BCUT2D eigenvalue weighted by Gasteiger charge is -2.07. The van der Waals surface area contributed by atoms with E-state index in [0.29, 0.717) is 5.56 Å². The quantitative estimate of drug-likeness (QED) is 0.894. The van der Waals surface area contributed by atoms with Crippen LogP contribution in [0.1, 0.15) is 21.6 Å². The minimum absolute atomic E-state index is 0.147. The summed E-state index contributed by atoms with van der Waals surface area (Å²) >= 11 is 1.82. The highest BCUT2D eigenvalue weighted by Crippen LogP contribution is 2.34. The van der Waals surface area contributed by atoms with Crippen molar-refractivity contribution in [2.45, 2.75) is 11.5 Å². The molecule has 2 aromatic heterocycles. The van der Waals surface area contributed by atoms with Gasteiger partial charge in [0.1, 0.15) is 5.82 Å². The van der Waals surface area contributed by atoms with Gasteiger partial charge in [0, 0.05) is 36.5 Å². The molecule has 92 valence electrons. The third-order valence-electron chi connectivity index (χ3n) is 2.87. The summed E-state index contributed by atoms with van der Waals surface area (Å²) in [7, 11) is 1.85. The summed E-state index contributed by atoms with van der Waals surface area (Å²) in [6.07, 6.45) is 3.20. The van der Waals surface area contributed by atoms with Crippen molar-refractivity contribution in [3.8, 4) is 0 Å². The van der Waals surface area contributed by atoms with Crippen molar-refractivity contribution < 1.29 is 4.79 Å². The molecule has 0 aromatic carbocycles. The van der Waals surface area contributed by atoms with Gasteiger partial charge in [0.05, 0.1) is 11.3 Å². The molecule has 0 fully saturated rings. The number of nitrogens with one attached hydrogen (secondary N) is 1. The van der Waals surface area contributed by atoms with E-state index < -0.39 is 0 Å². The molecule has 5 nitrogen and oxygen atoms in total. The van der Waals surface area contributed by atoms with Crippen molar-refractivity contribution in [3.63, 3.8) is 0 Å². The fourth-order valence-corrected chi connectivity index (χ4v) is 3.01. The molecule has 0 saturated heterocycles. The normalized spacial score (nSPS) is 13.4. The molecule has 0 unspecified atom stereocenters. The molecule has 1 aliphatic heterocycles. The third-order valence-corrected chi connectivity index (χ3v) is 3.84. The van der Waals surface area contributed by atoms with E-state index in [4.69, 9.17) is 0 Å². The van der Waals surface area contributed by atoms with E-state index >= 15 is 0 Å². The van der Waals surface area contributed by atoms with E-state index in [1.165, 1.54) is 0 Å². The number of hydrogen-bond acceptors (Lipinski definition) is 4. The van der Waals surface area contributed by atoms with Crippen LogP contribution in [0.3, 0.4) is 0 Å². The van der Waals surface area contributed by atoms with E-state index in [1.807, 2.05) is 18.8 Å². The average Bonchev–Trinajstić information content (AvgIpc) is 2.94. The number of carbonyl (C=O) groups is 1. The Labute approximate surface area is 109 Å². The van der Waals surface area contributed by atoms with Crippen LogP contribution >= 0.6 is 11.8 Å². The van der Waals surface area contributed by atoms with Crippen molar-refractivity contribution in [1.82, 2.24) is 14.8 Å². The first-order valence-corrected chi connectivity index (χ1v) is 6.75. The Balaban J connectivity index is 1.87. The van der Waals surface area contributed by atoms with Gasteiger partial charge in [0.2, 0.25) is 0 Å². The number of fused-ring (bicyclic) bond motifs is 1. The molecule has 0 bridgehead atoms. The molecular formula is C12H12N4OS. The van der Waals surface area contributed by atoms with Crippen LogP contribution in [-0.2, 0) is 18.6 Å². The number of aryl methyl sites for hydroxylation is 1. The lowest BCUT2D eigenvalue weighted by atomic mass is 10.2. The molecule has 3 heterocycles. The van der Waals surface area contributed by atoms with E-state index in [0.717, 1.165) is 28.6 Å². The molecule has 6 heteroatoms. The maximum absolute atomic E-state index is 12.1. The van der Waals surface area contributed by atoms with Crippen LogP contribution in [0.15, 0.2) is 24.5 Å². The van der Waals surface area contributed by atoms with Crippen LogP contribution in [-0.4, -0.2) is 20.7 Å². The zero-order valence-corrected chi connectivity index (χ0v) is 10.7. The molecule has 0 spiro atoms. The summed E-state index contributed by atoms with van der Waals surface area (Å²) in [5, 5.41) is 7.32. The zero-order valence-electron chi connectivity index (χ0n) is 9.88. The summed E-state index contributed by atoms with van der Waals surface area (Å²) < 4.78 is 1.73. The van der Waals surface area contributed by atoms with Crippen molar-refractivity contribution in [2.75, 3.05) is 5.32 Å². The molecule has 0 atom stereocenters. The lowest BCUT2D eigenvalue weighted by Crippen LogP contribution is -2.15. The maximum Gasteiger partial charge on any atom is 0.258 e. The monoisotopic (exact) mass is 260 g/mol. The van der Waals surface area contributed by atoms with Gasteiger partial charge in [-0.3, -0.25) is 14.5 Å². The van der Waals surface area contributed by atoms with Gasteiger partial charge in [0.25, 0.3) is 5.91 Å². The Hall–Kier alpha value is -1.82. The van der Waals surface area contributed by atoms with Crippen LogP contribution in [0.25, 0.3) is 0 Å². The van der Waals surface area contributed by atoms with Gasteiger partial charge < -0.3 is 5.32 Å². The number of thioether (sulfide) groups is 1. The number of carbonyl (C=O) groups excluding carboxylic acids is 1. The molecular weight excluding hydrogens is 248 g/mol. The standard InChI is InChI=1S/C12H12N4OS/c1-16-11(9-6-18-7-10(9)15-16)14-12(17)8-3-2-4-13-5-8/h2-5H,6-7H2,1H3,(H,14,17). The Morgan fingerprint density at radius 1 is 1.50 bits per heavy atom. The lowest BCUT2D eigenvalue weighted by molar-refractivity contribution is 0.102. The molecule has 0 radical (unpaired) electrons. The largest absolute Gasteiger partial charge is 0.306 e. The number of rotatable bonds is 2. The highest BCUT2D eigenvalue weighted by atomic mass is 32.2. The van der Waals surface area contributed by atoms with Gasteiger partial charge in [-0.05, 0) is 12.1 Å². The second-order valence-electron chi connectivity index (χ2n) is 4.09. The number of nitrogens with zero attached hydrogens (tertiary/aromatic N) is 3. The third kappa shape index (κ3) is 1.88. The molecule has 2 aromatic rings. The Morgan fingerprint density at radius 2 is 2.39 bits per heavy atom. The van der Waals surface area contributed by atoms with E-state index in [9.17, 15) is 4.79 Å². The Bertz CT molecular complexity index is 594. The van der Waals surface area contributed by atoms with E-state index in [2.05, 4.69) is 15.4 Å². The predicted octanol–water partition coefficient (Wildman–Crippen LogP) is 1.81. The van der Waals surface area contributed by atoms with Crippen LogP contribution in [0, 0.1) is 0 Å². The van der Waals surface area contributed by atoms with Gasteiger partial charge in [-0.1, -0.05) is 0 Å². The second kappa shape index (κ2) is 4.45. The molecule has 1 aliphatic rings. The molecule has 18 heavy (non-hydrogen) atoms. The summed E-state index contributed by atoms with van der Waals surface area (Å²) in [5.74, 6) is 2.48. The van der Waals surface area contributed by atoms with Crippen LogP contribution in [0.2, 0.25) is 0 Å². The number of anilines is 1. The first kappa shape index (κ1) is 11.3. The summed E-state index contributed by atoms with van der Waals surface area (Å²) in [6.45, 7) is 0. The fourth-order valence-electron chi connectivity index (χ4n) is 1.97. The summed E-state index contributed by atoms with van der Waals surface area (Å²) in [4.78, 5) is 16.0.